The molecule has 2 amide bonds. The number of hydrogen-bond donors (Lipinski definition) is 1. The number of aliphatic hydroxyl groups excluding tert-OH is 1. The summed E-state index contributed by atoms with van der Waals surface area (Å²) in [5.74, 6) is -3.18. The molecule has 1 aliphatic rings. The van der Waals surface area contributed by atoms with Crippen molar-refractivity contribution in [2.45, 2.75) is 0 Å². The number of anilines is 1. The van der Waals surface area contributed by atoms with Crippen LogP contribution in [0.4, 0.5) is 10.1 Å². The van der Waals surface area contributed by atoms with E-state index in [1.54, 1.807) is 0 Å². The average molecular weight is 318 g/mol. The van der Waals surface area contributed by atoms with E-state index >= 15 is 0 Å². The summed E-state index contributed by atoms with van der Waals surface area (Å²) in [7, 11) is 0. The van der Waals surface area contributed by atoms with Gasteiger partial charge in [-0.25, -0.2) is 9.29 Å². The van der Waals surface area contributed by atoms with Crippen LogP contribution < -0.4 is 4.90 Å². The van der Waals surface area contributed by atoms with Gasteiger partial charge >= 0.3 is 5.91 Å². The van der Waals surface area contributed by atoms with Crippen molar-refractivity contribution in [1.82, 2.24) is 0 Å². The summed E-state index contributed by atoms with van der Waals surface area (Å²) in [5, 5.41) is 10.4. The highest BCUT2D eigenvalue weighted by molar-refractivity contribution is 6.45. The van der Waals surface area contributed by atoms with Crippen molar-refractivity contribution in [1.29, 1.82) is 0 Å². The number of imide groups is 1. The van der Waals surface area contributed by atoms with E-state index in [-0.39, 0.29) is 11.3 Å². The molecule has 0 unspecified atom stereocenters. The molecule has 0 atom stereocenters. The first-order valence-electron chi connectivity index (χ1n) is 6.33. The third-order valence-corrected chi connectivity index (χ3v) is 3.54. The van der Waals surface area contributed by atoms with Crippen LogP contribution in [0.3, 0.4) is 0 Å². The molecule has 3 rings (SSSR count). The highest BCUT2D eigenvalue weighted by Crippen LogP contribution is 2.33. The monoisotopic (exact) mass is 317 g/mol. The number of aliphatic hydroxyl groups is 1. The van der Waals surface area contributed by atoms with Gasteiger partial charge in [0.1, 0.15) is 5.82 Å². The number of benzene rings is 2. The van der Waals surface area contributed by atoms with Crippen molar-refractivity contribution < 1.29 is 19.1 Å². The Morgan fingerprint density at radius 2 is 1.59 bits per heavy atom. The van der Waals surface area contributed by atoms with Gasteiger partial charge < -0.3 is 5.11 Å². The third kappa shape index (κ3) is 2.16. The predicted molar refractivity (Wildman–Crippen MR) is 79.9 cm³/mol. The van der Waals surface area contributed by atoms with Gasteiger partial charge in [-0.15, -0.1) is 0 Å². The van der Waals surface area contributed by atoms with Crippen LogP contribution in [0.5, 0.6) is 0 Å². The molecule has 2 aromatic carbocycles. The van der Waals surface area contributed by atoms with Crippen LogP contribution in [0.2, 0.25) is 5.02 Å². The predicted octanol–water partition coefficient (Wildman–Crippen LogP) is 3.32. The lowest BCUT2D eigenvalue weighted by Crippen LogP contribution is -2.32. The van der Waals surface area contributed by atoms with E-state index in [4.69, 9.17) is 11.6 Å². The maximum atomic E-state index is 13.8. The van der Waals surface area contributed by atoms with E-state index in [1.807, 2.05) is 0 Å². The average Bonchev–Trinajstić information content (AvgIpc) is 2.72. The Bertz CT molecular complexity index is 814. The first-order chi connectivity index (χ1) is 10.5. The van der Waals surface area contributed by atoms with Crippen LogP contribution in [0, 0.1) is 5.82 Å². The van der Waals surface area contributed by atoms with Crippen LogP contribution >= 0.6 is 11.6 Å². The summed E-state index contributed by atoms with van der Waals surface area (Å²) in [6.45, 7) is 0. The van der Waals surface area contributed by atoms with Crippen molar-refractivity contribution in [2.24, 2.45) is 0 Å². The number of para-hydroxylation sites is 1. The van der Waals surface area contributed by atoms with Gasteiger partial charge in [-0.2, -0.15) is 0 Å². The van der Waals surface area contributed by atoms with Crippen molar-refractivity contribution in [3.05, 3.63) is 70.7 Å². The molecule has 0 fully saturated rings. The van der Waals surface area contributed by atoms with Crippen LogP contribution in [0.15, 0.2) is 54.3 Å². The molecule has 22 heavy (non-hydrogen) atoms. The first kappa shape index (κ1) is 14.3. The highest BCUT2D eigenvalue weighted by Gasteiger charge is 2.41. The molecule has 1 aliphatic heterocycles. The molecule has 1 N–H and O–H groups in total. The maximum Gasteiger partial charge on any atom is 0.301 e. The second kappa shape index (κ2) is 5.27. The van der Waals surface area contributed by atoms with Crippen LogP contribution in [0.25, 0.3) is 5.57 Å². The zero-order chi connectivity index (χ0) is 15.9. The van der Waals surface area contributed by atoms with E-state index in [2.05, 4.69) is 0 Å². The van der Waals surface area contributed by atoms with Gasteiger partial charge in [0.2, 0.25) is 0 Å². The van der Waals surface area contributed by atoms with Gasteiger partial charge in [-0.05, 0) is 29.8 Å². The Balaban J connectivity index is 2.08. The molecule has 1 heterocycles. The number of carbonyl (C=O) groups excluding carboxylic acids is 2. The van der Waals surface area contributed by atoms with Crippen molar-refractivity contribution in [3.8, 4) is 0 Å². The smallest absolute Gasteiger partial charge is 0.301 e. The number of nitrogens with zero attached hydrogens (tertiary/aromatic N) is 1. The van der Waals surface area contributed by atoms with E-state index in [0.29, 0.717) is 15.5 Å². The molecule has 0 saturated heterocycles. The fourth-order valence-corrected chi connectivity index (χ4v) is 2.37. The van der Waals surface area contributed by atoms with Gasteiger partial charge in [0, 0.05) is 5.02 Å². The lowest BCUT2D eigenvalue weighted by molar-refractivity contribution is -0.121. The SMILES string of the molecule is O=C1C(O)=C(c2ccc(Cl)cc2)C(=O)N1c1ccccc1F. The number of rotatable bonds is 2. The summed E-state index contributed by atoms with van der Waals surface area (Å²) >= 11 is 5.77. The van der Waals surface area contributed by atoms with E-state index in [1.165, 1.54) is 42.5 Å². The summed E-state index contributed by atoms with van der Waals surface area (Å²) in [6.07, 6.45) is 0. The summed E-state index contributed by atoms with van der Waals surface area (Å²) in [5.41, 5.74) is -0.0444. The van der Waals surface area contributed by atoms with E-state index in [0.717, 1.165) is 6.07 Å². The molecular formula is C16H9ClFNO3. The molecule has 0 aromatic heterocycles. The molecule has 0 radical (unpaired) electrons. The van der Waals surface area contributed by atoms with E-state index in [9.17, 15) is 19.1 Å². The standard InChI is InChI=1S/C16H9ClFNO3/c17-10-7-5-9(6-8-10)13-14(20)16(22)19(15(13)21)12-4-2-1-3-11(12)18/h1-8,20H. The summed E-state index contributed by atoms with van der Waals surface area (Å²) in [4.78, 5) is 25.2. The molecular weight excluding hydrogens is 309 g/mol. The molecule has 0 spiro atoms. The zero-order valence-electron chi connectivity index (χ0n) is 11.1. The molecule has 2 aromatic rings. The molecule has 4 nitrogen and oxygen atoms in total. The number of amides is 2. The maximum absolute atomic E-state index is 13.8. The molecule has 6 heteroatoms. The van der Waals surface area contributed by atoms with Crippen LogP contribution in [-0.2, 0) is 9.59 Å². The fourth-order valence-electron chi connectivity index (χ4n) is 2.25. The molecule has 0 saturated carbocycles. The summed E-state index contributed by atoms with van der Waals surface area (Å²) in [6, 6.07) is 11.4. The van der Waals surface area contributed by atoms with Crippen molar-refractivity contribution in [2.75, 3.05) is 4.90 Å². The lowest BCUT2D eigenvalue weighted by atomic mass is 10.1. The number of hydrogen-bond acceptors (Lipinski definition) is 3. The second-order valence-corrected chi connectivity index (χ2v) is 5.06. The minimum absolute atomic E-state index is 0.176. The minimum Gasteiger partial charge on any atom is -0.502 e. The first-order valence-corrected chi connectivity index (χ1v) is 6.71. The molecule has 0 aliphatic carbocycles. The minimum atomic E-state index is -0.958. The highest BCUT2D eigenvalue weighted by atomic mass is 35.5. The fraction of sp³-hybridized carbons (Fsp3) is 0. The molecule has 0 bridgehead atoms. The largest absolute Gasteiger partial charge is 0.502 e. The van der Waals surface area contributed by atoms with Crippen molar-refractivity contribution in [3.63, 3.8) is 0 Å². The topological polar surface area (TPSA) is 57.6 Å². The normalized spacial score (nSPS) is 14.9. The van der Waals surface area contributed by atoms with Gasteiger partial charge in [0.25, 0.3) is 5.91 Å². The van der Waals surface area contributed by atoms with Gasteiger partial charge in [0.05, 0.1) is 11.3 Å². The van der Waals surface area contributed by atoms with Crippen LogP contribution in [-0.4, -0.2) is 16.9 Å². The Morgan fingerprint density at radius 1 is 0.955 bits per heavy atom. The van der Waals surface area contributed by atoms with Gasteiger partial charge in [0.15, 0.2) is 5.76 Å². The van der Waals surface area contributed by atoms with Gasteiger partial charge in [-0.1, -0.05) is 35.9 Å². The number of carbonyl (C=O) groups is 2. The summed E-state index contributed by atoms with van der Waals surface area (Å²) < 4.78 is 13.8. The Kier molecular flexibility index (Phi) is 3.42. The third-order valence-electron chi connectivity index (χ3n) is 3.29. The zero-order valence-corrected chi connectivity index (χ0v) is 11.8. The van der Waals surface area contributed by atoms with Crippen molar-refractivity contribution >= 4 is 34.7 Å². The molecule has 110 valence electrons. The lowest BCUT2D eigenvalue weighted by Gasteiger charge is -2.15. The Hall–Kier alpha value is -2.66. The van der Waals surface area contributed by atoms with Gasteiger partial charge in [-0.3, -0.25) is 9.59 Å². The Labute approximate surface area is 130 Å². The van der Waals surface area contributed by atoms with E-state index < -0.39 is 23.4 Å². The number of halogens is 2. The second-order valence-electron chi connectivity index (χ2n) is 4.63. The van der Waals surface area contributed by atoms with Crippen LogP contribution in [0.1, 0.15) is 5.56 Å². The Morgan fingerprint density at radius 3 is 2.23 bits per heavy atom. The quantitative estimate of drug-likeness (QED) is 0.864.